The van der Waals surface area contributed by atoms with E-state index in [-0.39, 0.29) is 0 Å². The van der Waals surface area contributed by atoms with Gasteiger partial charge in [-0.05, 0) is 37.6 Å². The largest absolute Gasteiger partial charge is 0.354 e. The van der Waals surface area contributed by atoms with Crippen LogP contribution in [0.1, 0.15) is 41.6 Å². The SMILES string of the molecule is CNCc1cc(C(C)C)nc(N(C)Cc2scnc2C)c1. The van der Waals surface area contributed by atoms with E-state index in [1.54, 1.807) is 11.3 Å². The first-order valence-corrected chi connectivity index (χ1v) is 8.14. The molecule has 4 nitrogen and oxygen atoms in total. The minimum Gasteiger partial charge on any atom is -0.354 e. The molecule has 0 unspecified atom stereocenters. The van der Waals surface area contributed by atoms with Crippen molar-refractivity contribution in [1.29, 1.82) is 0 Å². The Morgan fingerprint density at radius 1 is 1.33 bits per heavy atom. The molecule has 2 rings (SSSR count). The summed E-state index contributed by atoms with van der Waals surface area (Å²) in [5.74, 6) is 1.46. The average Bonchev–Trinajstić information content (AvgIpc) is 2.84. The number of hydrogen-bond acceptors (Lipinski definition) is 5. The lowest BCUT2D eigenvalue weighted by Crippen LogP contribution is -2.19. The second-order valence-electron chi connectivity index (χ2n) is 5.66. The molecular weight excluding hydrogens is 280 g/mol. The van der Waals surface area contributed by atoms with Crippen LogP contribution < -0.4 is 10.2 Å². The fourth-order valence-electron chi connectivity index (χ4n) is 2.17. The number of pyridine rings is 1. The molecule has 0 spiro atoms. The highest BCUT2D eigenvalue weighted by Gasteiger charge is 2.11. The molecule has 0 fully saturated rings. The quantitative estimate of drug-likeness (QED) is 0.889. The number of aromatic nitrogens is 2. The Morgan fingerprint density at radius 2 is 2.10 bits per heavy atom. The molecule has 0 amide bonds. The Labute approximate surface area is 131 Å². The smallest absolute Gasteiger partial charge is 0.129 e. The zero-order chi connectivity index (χ0) is 15.4. The van der Waals surface area contributed by atoms with Crippen molar-refractivity contribution in [3.63, 3.8) is 0 Å². The highest BCUT2D eigenvalue weighted by molar-refractivity contribution is 7.09. The van der Waals surface area contributed by atoms with Crippen molar-refractivity contribution in [2.75, 3.05) is 19.0 Å². The van der Waals surface area contributed by atoms with Crippen LogP contribution in [-0.4, -0.2) is 24.1 Å². The van der Waals surface area contributed by atoms with Crippen LogP contribution in [0.25, 0.3) is 0 Å². The van der Waals surface area contributed by atoms with Gasteiger partial charge in [-0.15, -0.1) is 11.3 Å². The van der Waals surface area contributed by atoms with Crippen LogP contribution in [0.2, 0.25) is 0 Å². The molecule has 0 aliphatic rings. The Hall–Kier alpha value is -1.46. The fourth-order valence-corrected chi connectivity index (χ4v) is 3.00. The van der Waals surface area contributed by atoms with Crippen LogP contribution in [0.15, 0.2) is 17.6 Å². The van der Waals surface area contributed by atoms with Crippen LogP contribution in [0, 0.1) is 6.92 Å². The van der Waals surface area contributed by atoms with E-state index in [2.05, 4.69) is 55.2 Å². The van der Waals surface area contributed by atoms with Gasteiger partial charge in [0.2, 0.25) is 0 Å². The molecule has 0 saturated carbocycles. The third kappa shape index (κ3) is 4.02. The molecule has 5 heteroatoms. The number of nitrogens with one attached hydrogen (secondary N) is 1. The summed E-state index contributed by atoms with van der Waals surface area (Å²) in [5, 5.41) is 3.22. The summed E-state index contributed by atoms with van der Waals surface area (Å²) in [5.41, 5.74) is 5.44. The van der Waals surface area contributed by atoms with Crippen molar-refractivity contribution in [1.82, 2.24) is 15.3 Å². The molecular formula is C16H24N4S. The summed E-state index contributed by atoms with van der Waals surface area (Å²) in [6.45, 7) is 8.14. The third-order valence-electron chi connectivity index (χ3n) is 3.48. The van der Waals surface area contributed by atoms with E-state index < -0.39 is 0 Å². The number of anilines is 1. The van der Waals surface area contributed by atoms with Crippen molar-refractivity contribution in [3.05, 3.63) is 39.5 Å². The lowest BCUT2D eigenvalue weighted by molar-refractivity contribution is 0.778. The second-order valence-corrected chi connectivity index (χ2v) is 6.60. The van der Waals surface area contributed by atoms with Gasteiger partial charge in [-0.25, -0.2) is 9.97 Å². The maximum Gasteiger partial charge on any atom is 0.129 e. The molecule has 21 heavy (non-hydrogen) atoms. The summed E-state index contributed by atoms with van der Waals surface area (Å²) in [6.07, 6.45) is 0. The van der Waals surface area contributed by atoms with Crippen molar-refractivity contribution in [2.45, 2.75) is 39.8 Å². The number of aryl methyl sites for hydroxylation is 1. The van der Waals surface area contributed by atoms with E-state index >= 15 is 0 Å². The highest BCUT2D eigenvalue weighted by atomic mass is 32.1. The molecule has 0 atom stereocenters. The predicted molar refractivity (Wildman–Crippen MR) is 90.0 cm³/mol. The van der Waals surface area contributed by atoms with Crippen molar-refractivity contribution < 1.29 is 0 Å². The van der Waals surface area contributed by atoms with Gasteiger partial charge >= 0.3 is 0 Å². The van der Waals surface area contributed by atoms with E-state index in [0.29, 0.717) is 5.92 Å². The molecule has 0 aliphatic heterocycles. The van der Waals surface area contributed by atoms with Gasteiger partial charge in [0, 0.05) is 24.2 Å². The van der Waals surface area contributed by atoms with Gasteiger partial charge in [-0.2, -0.15) is 0 Å². The Bertz CT molecular complexity index is 592. The van der Waals surface area contributed by atoms with Crippen LogP contribution >= 0.6 is 11.3 Å². The lowest BCUT2D eigenvalue weighted by atomic mass is 10.1. The van der Waals surface area contributed by atoms with E-state index in [1.807, 2.05) is 12.6 Å². The number of hydrogen-bond donors (Lipinski definition) is 1. The second kappa shape index (κ2) is 7.00. The zero-order valence-corrected chi connectivity index (χ0v) is 14.3. The standard InChI is InChI=1S/C16H24N4S/c1-11(2)14-6-13(8-17-4)7-16(19-14)20(5)9-15-12(3)18-10-21-15/h6-7,10-11,17H,8-9H2,1-5H3. The molecule has 0 bridgehead atoms. The summed E-state index contributed by atoms with van der Waals surface area (Å²) in [6, 6.07) is 4.36. The van der Waals surface area contributed by atoms with Gasteiger partial charge in [-0.3, -0.25) is 0 Å². The van der Waals surface area contributed by atoms with Crippen LogP contribution in [0.3, 0.4) is 0 Å². The molecule has 0 aliphatic carbocycles. The third-order valence-corrected chi connectivity index (χ3v) is 4.40. The minimum atomic E-state index is 0.430. The molecule has 0 aromatic carbocycles. The summed E-state index contributed by atoms with van der Waals surface area (Å²) < 4.78 is 0. The fraction of sp³-hybridized carbons (Fsp3) is 0.500. The van der Waals surface area contributed by atoms with Crippen LogP contribution in [-0.2, 0) is 13.1 Å². The van der Waals surface area contributed by atoms with Gasteiger partial charge in [-0.1, -0.05) is 13.8 Å². The predicted octanol–water partition coefficient (Wildman–Crippen LogP) is 3.33. The molecule has 2 aromatic rings. The van der Waals surface area contributed by atoms with E-state index in [0.717, 1.165) is 30.3 Å². The normalized spacial score (nSPS) is 11.1. The van der Waals surface area contributed by atoms with Gasteiger partial charge in [0.15, 0.2) is 0 Å². The molecule has 0 radical (unpaired) electrons. The van der Waals surface area contributed by atoms with Crippen molar-refractivity contribution >= 4 is 17.2 Å². The number of rotatable bonds is 6. The van der Waals surface area contributed by atoms with Crippen molar-refractivity contribution in [3.8, 4) is 0 Å². The van der Waals surface area contributed by atoms with Crippen LogP contribution in [0.5, 0.6) is 0 Å². The lowest BCUT2D eigenvalue weighted by Gasteiger charge is -2.20. The summed E-state index contributed by atoms with van der Waals surface area (Å²) >= 11 is 1.70. The van der Waals surface area contributed by atoms with Gasteiger partial charge in [0.1, 0.15) is 5.82 Å². The highest BCUT2D eigenvalue weighted by Crippen LogP contribution is 2.22. The maximum atomic E-state index is 4.81. The Morgan fingerprint density at radius 3 is 2.67 bits per heavy atom. The average molecular weight is 304 g/mol. The van der Waals surface area contributed by atoms with E-state index in [9.17, 15) is 0 Å². The van der Waals surface area contributed by atoms with Gasteiger partial charge < -0.3 is 10.2 Å². The molecule has 1 N–H and O–H groups in total. The molecule has 2 aromatic heterocycles. The molecule has 2 heterocycles. The summed E-state index contributed by atoms with van der Waals surface area (Å²) in [4.78, 5) is 12.6. The number of thiazole rings is 1. The topological polar surface area (TPSA) is 41.1 Å². The Kier molecular flexibility index (Phi) is 5.31. The van der Waals surface area contributed by atoms with E-state index in [4.69, 9.17) is 4.98 Å². The monoisotopic (exact) mass is 304 g/mol. The van der Waals surface area contributed by atoms with Gasteiger partial charge in [0.05, 0.1) is 17.7 Å². The first kappa shape index (κ1) is 15.9. The Balaban J connectivity index is 2.26. The maximum absolute atomic E-state index is 4.81. The van der Waals surface area contributed by atoms with Gasteiger partial charge in [0.25, 0.3) is 0 Å². The zero-order valence-electron chi connectivity index (χ0n) is 13.5. The van der Waals surface area contributed by atoms with E-state index in [1.165, 1.54) is 10.4 Å². The van der Waals surface area contributed by atoms with Crippen LogP contribution in [0.4, 0.5) is 5.82 Å². The first-order chi connectivity index (χ1) is 10.0. The molecule has 0 saturated heterocycles. The number of nitrogens with zero attached hydrogens (tertiary/aromatic N) is 3. The van der Waals surface area contributed by atoms with Crippen molar-refractivity contribution in [2.24, 2.45) is 0 Å². The first-order valence-electron chi connectivity index (χ1n) is 7.26. The molecule has 114 valence electrons. The minimum absolute atomic E-state index is 0.430. The summed E-state index contributed by atoms with van der Waals surface area (Å²) in [7, 11) is 4.06.